The third kappa shape index (κ3) is 3.37. The highest BCUT2D eigenvalue weighted by atomic mass is 127. The van der Waals surface area contributed by atoms with Crippen LogP contribution in [0.3, 0.4) is 0 Å². The summed E-state index contributed by atoms with van der Waals surface area (Å²) in [5.41, 5.74) is 2.88. The van der Waals surface area contributed by atoms with Crippen molar-refractivity contribution in [2.45, 2.75) is 19.9 Å². The molecule has 1 unspecified atom stereocenters. The molecule has 0 heterocycles. The van der Waals surface area contributed by atoms with Crippen molar-refractivity contribution in [1.29, 1.82) is 0 Å². The maximum absolute atomic E-state index is 13.0. The Balaban J connectivity index is 2.20. The molecule has 0 aliphatic carbocycles. The van der Waals surface area contributed by atoms with Gasteiger partial charge in [-0.05, 0) is 60.2 Å². The molecule has 0 fully saturated rings. The van der Waals surface area contributed by atoms with Crippen molar-refractivity contribution in [1.82, 2.24) is 0 Å². The lowest BCUT2D eigenvalue weighted by atomic mass is 10.1. The van der Waals surface area contributed by atoms with E-state index in [1.54, 1.807) is 6.07 Å². The second-order valence-electron chi connectivity index (χ2n) is 4.53. The first-order valence-electron chi connectivity index (χ1n) is 5.98. The van der Waals surface area contributed by atoms with Gasteiger partial charge in [0.2, 0.25) is 0 Å². The van der Waals surface area contributed by atoms with E-state index in [9.17, 15) is 9.50 Å². The van der Waals surface area contributed by atoms with Crippen molar-refractivity contribution in [3.8, 4) is 5.75 Å². The zero-order valence-corrected chi connectivity index (χ0v) is 12.9. The molecular formula is C15H15FINO. The average molecular weight is 371 g/mol. The quantitative estimate of drug-likeness (QED) is 0.772. The molecular weight excluding hydrogens is 356 g/mol. The van der Waals surface area contributed by atoms with Crippen LogP contribution < -0.4 is 5.32 Å². The zero-order chi connectivity index (χ0) is 14.0. The molecule has 19 heavy (non-hydrogen) atoms. The van der Waals surface area contributed by atoms with E-state index in [4.69, 9.17) is 0 Å². The summed E-state index contributed by atoms with van der Waals surface area (Å²) in [7, 11) is 0. The summed E-state index contributed by atoms with van der Waals surface area (Å²) in [4.78, 5) is 0. The summed E-state index contributed by atoms with van der Waals surface area (Å²) in [6, 6.07) is 10.1. The lowest BCUT2D eigenvalue weighted by Crippen LogP contribution is -2.07. The van der Waals surface area contributed by atoms with Gasteiger partial charge in [0.25, 0.3) is 0 Å². The smallest absolute Gasteiger partial charge is 0.126 e. The lowest BCUT2D eigenvalue weighted by Gasteiger charge is -2.17. The number of hydrogen-bond donors (Lipinski definition) is 2. The molecule has 1 atom stereocenters. The number of nitrogens with one attached hydrogen (secondary N) is 1. The largest absolute Gasteiger partial charge is 0.507 e. The Bertz CT molecular complexity index is 601. The SMILES string of the molecule is Cc1ccc(NC(C)c2ccc(F)cc2O)cc1I. The van der Waals surface area contributed by atoms with Gasteiger partial charge in [0.15, 0.2) is 0 Å². The number of anilines is 1. The molecule has 2 aromatic rings. The second-order valence-corrected chi connectivity index (χ2v) is 5.70. The number of phenolic OH excluding ortho intramolecular Hbond substituents is 1. The van der Waals surface area contributed by atoms with E-state index in [0.717, 1.165) is 11.8 Å². The summed E-state index contributed by atoms with van der Waals surface area (Å²) in [5.74, 6) is -0.458. The van der Waals surface area contributed by atoms with Crippen LogP contribution in [0.2, 0.25) is 0 Å². The van der Waals surface area contributed by atoms with Crippen molar-refractivity contribution in [3.63, 3.8) is 0 Å². The molecule has 0 saturated carbocycles. The number of halogens is 2. The lowest BCUT2D eigenvalue weighted by molar-refractivity contribution is 0.459. The van der Waals surface area contributed by atoms with Crippen molar-refractivity contribution in [2.24, 2.45) is 0 Å². The molecule has 0 aliphatic rings. The van der Waals surface area contributed by atoms with Crippen molar-refractivity contribution in [2.75, 3.05) is 5.32 Å². The Kier molecular flexibility index (Phi) is 4.29. The van der Waals surface area contributed by atoms with Gasteiger partial charge in [0, 0.05) is 20.9 Å². The predicted octanol–water partition coefficient (Wildman–Crippen LogP) is 4.62. The third-order valence-electron chi connectivity index (χ3n) is 3.01. The van der Waals surface area contributed by atoms with Crippen LogP contribution in [0.1, 0.15) is 24.1 Å². The molecule has 100 valence electrons. The van der Waals surface area contributed by atoms with Gasteiger partial charge in [-0.15, -0.1) is 0 Å². The maximum Gasteiger partial charge on any atom is 0.126 e. The van der Waals surface area contributed by atoms with Gasteiger partial charge in [-0.1, -0.05) is 12.1 Å². The number of aryl methyl sites for hydroxylation is 1. The average Bonchev–Trinajstić information content (AvgIpc) is 2.33. The van der Waals surface area contributed by atoms with Gasteiger partial charge in [-0.2, -0.15) is 0 Å². The highest BCUT2D eigenvalue weighted by Crippen LogP contribution is 2.28. The monoisotopic (exact) mass is 371 g/mol. The molecule has 2 nitrogen and oxygen atoms in total. The first-order chi connectivity index (χ1) is 8.97. The fraction of sp³-hybridized carbons (Fsp3) is 0.200. The first-order valence-corrected chi connectivity index (χ1v) is 7.06. The number of hydrogen-bond acceptors (Lipinski definition) is 2. The van der Waals surface area contributed by atoms with Crippen LogP contribution in [0.4, 0.5) is 10.1 Å². The molecule has 0 saturated heterocycles. The van der Waals surface area contributed by atoms with Crippen LogP contribution in [-0.4, -0.2) is 5.11 Å². The second kappa shape index (κ2) is 5.77. The predicted molar refractivity (Wildman–Crippen MR) is 84.0 cm³/mol. The Labute approximate surface area is 125 Å². The first kappa shape index (κ1) is 14.1. The van der Waals surface area contributed by atoms with Crippen LogP contribution in [0.5, 0.6) is 5.75 Å². The summed E-state index contributed by atoms with van der Waals surface area (Å²) in [5, 5.41) is 13.1. The van der Waals surface area contributed by atoms with E-state index < -0.39 is 5.82 Å². The molecule has 0 radical (unpaired) electrons. The van der Waals surface area contributed by atoms with Crippen LogP contribution in [-0.2, 0) is 0 Å². The number of rotatable bonds is 3. The van der Waals surface area contributed by atoms with E-state index in [-0.39, 0.29) is 11.8 Å². The molecule has 0 aliphatic heterocycles. The number of aromatic hydroxyl groups is 1. The van der Waals surface area contributed by atoms with Gasteiger partial charge < -0.3 is 10.4 Å². The fourth-order valence-corrected chi connectivity index (χ4v) is 2.41. The van der Waals surface area contributed by atoms with Gasteiger partial charge in [0.1, 0.15) is 11.6 Å². The Morgan fingerprint density at radius 3 is 2.58 bits per heavy atom. The van der Waals surface area contributed by atoms with Crippen molar-refractivity contribution in [3.05, 3.63) is 56.9 Å². The summed E-state index contributed by atoms with van der Waals surface area (Å²) in [6.07, 6.45) is 0. The summed E-state index contributed by atoms with van der Waals surface area (Å²) < 4.78 is 14.1. The third-order valence-corrected chi connectivity index (χ3v) is 4.18. The van der Waals surface area contributed by atoms with Crippen LogP contribution >= 0.6 is 22.6 Å². The summed E-state index contributed by atoms with van der Waals surface area (Å²) >= 11 is 2.28. The molecule has 2 aromatic carbocycles. The standard InChI is InChI=1S/C15H15FINO/c1-9-3-5-12(8-14(9)17)18-10(2)13-6-4-11(16)7-15(13)19/h3-8,10,18-19H,1-2H3. The van der Waals surface area contributed by atoms with E-state index in [1.165, 1.54) is 15.2 Å². The minimum absolute atomic E-state index is 0.0261. The molecule has 0 bridgehead atoms. The zero-order valence-electron chi connectivity index (χ0n) is 10.7. The van der Waals surface area contributed by atoms with E-state index in [1.807, 2.05) is 25.1 Å². The van der Waals surface area contributed by atoms with Crippen molar-refractivity contribution >= 4 is 28.3 Å². The van der Waals surface area contributed by atoms with Gasteiger partial charge in [-0.3, -0.25) is 0 Å². The highest BCUT2D eigenvalue weighted by Gasteiger charge is 2.11. The van der Waals surface area contributed by atoms with E-state index in [2.05, 4.69) is 34.8 Å². The number of phenols is 1. The van der Waals surface area contributed by atoms with Crippen LogP contribution in [0.15, 0.2) is 36.4 Å². The Morgan fingerprint density at radius 2 is 1.95 bits per heavy atom. The molecule has 0 spiro atoms. The minimum Gasteiger partial charge on any atom is -0.507 e. The molecule has 2 N–H and O–H groups in total. The minimum atomic E-state index is -0.432. The molecule has 2 rings (SSSR count). The van der Waals surface area contributed by atoms with Gasteiger partial charge in [-0.25, -0.2) is 4.39 Å². The molecule has 0 amide bonds. The van der Waals surface area contributed by atoms with Crippen LogP contribution in [0.25, 0.3) is 0 Å². The highest BCUT2D eigenvalue weighted by molar-refractivity contribution is 14.1. The number of benzene rings is 2. The van der Waals surface area contributed by atoms with Crippen LogP contribution in [0, 0.1) is 16.3 Å². The maximum atomic E-state index is 13.0. The Morgan fingerprint density at radius 1 is 1.21 bits per heavy atom. The summed E-state index contributed by atoms with van der Waals surface area (Å²) in [6.45, 7) is 3.99. The Hall–Kier alpha value is -1.30. The molecule has 0 aromatic heterocycles. The fourth-order valence-electron chi connectivity index (χ4n) is 1.89. The van der Waals surface area contributed by atoms with Gasteiger partial charge in [0.05, 0.1) is 6.04 Å². The normalized spacial score (nSPS) is 12.2. The van der Waals surface area contributed by atoms with E-state index >= 15 is 0 Å². The topological polar surface area (TPSA) is 32.3 Å². The van der Waals surface area contributed by atoms with Gasteiger partial charge >= 0.3 is 0 Å². The molecule has 4 heteroatoms. The van der Waals surface area contributed by atoms with Crippen molar-refractivity contribution < 1.29 is 9.50 Å². The van der Waals surface area contributed by atoms with E-state index in [0.29, 0.717) is 5.56 Å².